The number of benzene rings is 1. The minimum absolute atomic E-state index is 0.0760. The average Bonchev–Trinajstić information content (AvgIpc) is 2.76. The van der Waals surface area contributed by atoms with Gasteiger partial charge in [-0.05, 0) is 11.5 Å². The predicted molar refractivity (Wildman–Crippen MR) is 115 cm³/mol. The van der Waals surface area contributed by atoms with Gasteiger partial charge < -0.3 is 20.1 Å². The highest BCUT2D eigenvalue weighted by Gasteiger charge is 2.33. The number of Topliss-reactive ketones (excluding diaryl/α,β-unsaturated/α-hetero) is 1. The molecule has 34 heavy (non-hydrogen) atoms. The maximum atomic E-state index is 12.9. The van der Waals surface area contributed by atoms with Crippen molar-refractivity contribution in [3.63, 3.8) is 0 Å². The minimum atomic E-state index is -4.71. The van der Waals surface area contributed by atoms with Gasteiger partial charge in [0.15, 0.2) is 0 Å². The number of carbonyl (C=O) groups is 4. The number of allylic oxidation sites excluding steroid dienone is 1. The SMILES string of the molecule is COCCOC(=O)N/C(=C/C(C)C)C(=O)N[C@@H](Cc1ccccc1)C(=O)C(=O)NCC(F)(F)F. The first-order chi connectivity index (χ1) is 15.9. The molecule has 188 valence electrons. The van der Waals surface area contributed by atoms with E-state index in [4.69, 9.17) is 9.47 Å². The molecule has 0 saturated carbocycles. The van der Waals surface area contributed by atoms with Gasteiger partial charge in [0.05, 0.1) is 6.61 Å². The van der Waals surface area contributed by atoms with Crippen LogP contribution in [0.25, 0.3) is 0 Å². The molecule has 0 aliphatic carbocycles. The molecule has 3 N–H and O–H groups in total. The molecule has 9 nitrogen and oxygen atoms in total. The zero-order chi connectivity index (χ0) is 25.7. The van der Waals surface area contributed by atoms with E-state index in [1.54, 1.807) is 44.2 Å². The second-order valence-electron chi connectivity index (χ2n) is 7.46. The van der Waals surface area contributed by atoms with Gasteiger partial charge in [-0.3, -0.25) is 19.7 Å². The van der Waals surface area contributed by atoms with Crippen molar-refractivity contribution >= 4 is 23.7 Å². The molecule has 0 fully saturated rings. The van der Waals surface area contributed by atoms with Gasteiger partial charge in [-0.15, -0.1) is 0 Å². The first kappa shape index (κ1) is 28.6. The third kappa shape index (κ3) is 11.5. The number of hydrogen-bond acceptors (Lipinski definition) is 6. The molecule has 1 atom stereocenters. The second kappa shape index (κ2) is 14.0. The van der Waals surface area contributed by atoms with Crippen molar-refractivity contribution in [2.24, 2.45) is 5.92 Å². The number of amides is 3. The fraction of sp³-hybridized carbons (Fsp3) is 0.455. The lowest BCUT2D eigenvalue weighted by molar-refractivity contribution is -0.146. The van der Waals surface area contributed by atoms with Crippen LogP contribution in [0.1, 0.15) is 19.4 Å². The van der Waals surface area contributed by atoms with Crippen LogP contribution in [-0.4, -0.2) is 62.8 Å². The molecule has 0 spiro atoms. The van der Waals surface area contributed by atoms with Crippen molar-refractivity contribution in [3.05, 3.63) is 47.7 Å². The Morgan fingerprint density at radius 2 is 1.68 bits per heavy atom. The van der Waals surface area contributed by atoms with Crippen LogP contribution in [0.2, 0.25) is 0 Å². The summed E-state index contributed by atoms with van der Waals surface area (Å²) in [7, 11) is 1.41. The van der Waals surface area contributed by atoms with Crippen molar-refractivity contribution in [1.82, 2.24) is 16.0 Å². The molecule has 0 aliphatic heterocycles. The number of rotatable bonds is 12. The molecule has 0 aromatic heterocycles. The highest BCUT2D eigenvalue weighted by atomic mass is 19.4. The van der Waals surface area contributed by atoms with E-state index in [2.05, 4.69) is 10.6 Å². The lowest BCUT2D eigenvalue weighted by Gasteiger charge is -2.19. The van der Waals surface area contributed by atoms with E-state index in [0.717, 1.165) is 0 Å². The fourth-order valence-corrected chi connectivity index (χ4v) is 2.59. The Bertz CT molecular complexity index is 872. The standard InChI is InChI=1S/C22H28F3N3O6/c1-14(2)11-17(28-21(32)34-10-9-33-3)19(30)27-16(12-15-7-5-4-6-8-15)18(29)20(31)26-13-22(23,24)25/h4-8,11,14,16H,9-10,12-13H2,1-3H3,(H,26,31)(H,27,30)(H,28,32)/b17-11+/t16-/m0/s1. The largest absolute Gasteiger partial charge is 0.447 e. The summed E-state index contributed by atoms with van der Waals surface area (Å²) in [5.74, 6) is -3.90. The molecule has 0 bridgehead atoms. The lowest BCUT2D eigenvalue weighted by atomic mass is 10.0. The summed E-state index contributed by atoms with van der Waals surface area (Å²) in [5, 5.41) is 6.09. The summed E-state index contributed by atoms with van der Waals surface area (Å²) < 4.78 is 46.9. The monoisotopic (exact) mass is 487 g/mol. The lowest BCUT2D eigenvalue weighted by Crippen LogP contribution is -2.51. The van der Waals surface area contributed by atoms with Crippen LogP contribution in [-0.2, 0) is 30.3 Å². The molecule has 12 heteroatoms. The van der Waals surface area contributed by atoms with Gasteiger partial charge in [0.1, 0.15) is 24.9 Å². The minimum Gasteiger partial charge on any atom is -0.447 e. The molecule has 0 saturated heterocycles. The zero-order valence-electron chi connectivity index (χ0n) is 19.0. The van der Waals surface area contributed by atoms with Crippen LogP contribution in [0.15, 0.2) is 42.1 Å². The van der Waals surface area contributed by atoms with E-state index in [9.17, 15) is 32.3 Å². The molecule has 1 aromatic rings. The Balaban J connectivity index is 3.05. The van der Waals surface area contributed by atoms with E-state index in [1.165, 1.54) is 18.5 Å². The second-order valence-corrected chi connectivity index (χ2v) is 7.46. The van der Waals surface area contributed by atoms with Crippen LogP contribution in [0, 0.1) is 5.92 Å². The maximum absolute atomic E-state index is 12.9. The first-order valence-corrected chi connectivity index (χ1v) is 10.3. The zero-order valence-corrected chi connectivity index (χ0v) is 19.0. The molecule has 0 unspecified atom stereocenters. The Kier molecular flexibility index (Phi) is 11.8. The number of alkyl carbamates (subject to hydrolysis) is 1. The number of ether oxygens (including phenoxy) is 2. The van der Waals surface area contributed by atoms with Crippen molar-refractivity contribution in [2.45, 2.75) is 32.5 Å². The molecule has 1 rings (SSSR count). The van der Waals surface area contributed by atoms with Gasteiger partial charge in [0.25, 0.3) is 11.8 Å². The normalized spacial score (nSPS) is 12.6. The van der Waals surface area contributed by atoms with Gasteiger partial charge in [0.2, 0.25) is 5.78 Å². The molecule has 0 heterocycles. The summed E-state index contributed by atoms with van der Waals surface area (Å²) in [4.78, 5) is 49.5. The summed E-state index contributed by atoms with van der Waals surface area (Å²) >= 11 is 0. The van der Waals surface area contributed by atoms with Crippen LogP contribution < -0.4 is 16.0 Å². The smallest absolute Gasteiger partial charge is 0.411 e. The van der Waals surface area contributed by atoms with Crippen molar-refractivity contribution < 1.29 is 41.8 Å². The molecular weight excluding hydrogens is 459 g/mol. The van der Waals surface area contributed by atoms with E-state index >= 15 is 0 Å². The van der Waals surface area contributed by atoms with Gasteiger partial charge in [-0.2, -0.15) is 13.2 Å². The van der Waals surface area contributed by atoms with Crippen LogP contribution in [0.4, 0.5) is 18.0 Å². The van der Waals surface area contributed by atoms with E-state index in [1.807, 2.05) is 0 Å². The number of methoxy groups -OCH3 is 1. The third-order valence-corrected chi connectivity index (χ3v) is 4.08. The average molecular weight is 487 g/mol. The fourth-order valence-electron chi connectivity index (χ4n) is 2.59. The number of hydrogen-bond donors (Lipinski definition) is 3. The van der Waals surface area contributed by atoms with Gasteiger partial charge in [0, 0.05) is 13.5 Å². The number of ketones is 1. The van der Waals surface area contributed by atoms with Crippen LogP contribution in [0.5, 0.6) is 0 Å². The Hall–Kier alpha value is -3.41. The molecule has 0 radical (unpaired) electrons. The Morgan fingerprint density at radius 3 is 2.24 bits per heavy atom. The summed E-state index contributed by atoms with van der Waals surface area (Å²) in [6.07, 6.45) is -4.44. The molecule has 3 amide bonds. The number of halogens is 3. The Labute approximate surface area is 195 Å². The van der Waals surface area contributed by atoms with E-state index in [0.29, 0.717) is 5.56 Å². The van der Waals surface area contributed by atoms with Crippen molar-refractivity contribution in [1.29, 1.82) is 0 Å². The van der Waals surface area contributed by atoms with Crippen molar-refractivity contribution in [3.8, 4) is 0 Å². The van der Waals surface area contributed by atoms with Gasteiger partial charge >= 0.3 is 12.3 Å². The maximum Gasteiger partial charge on any atom is 0.411 e. The molecule has 0 aliphatic rings. The summed E-state index contributed by atoms with van der Waals surface area (Å²) in [5.41, 5.74) is 0.296. The predicted octanol–water partition coefficient (Wildman–Crippen LogP) is 1.87. The van der Waals surface area contributed by atoms with Gasteiger partial charge in [-0.25, -0.2) is 4.79 Å². The number of carbonyl (C=O) groups excluding carboxylic acids is 4. The van der Waals surface area contributed by atoms with Crippen LogP contribution >= 0.6 is 0 Å². The topological polar surface area (TPSA) is 123 Å². The summed E-state index contributed by atoms with van der Waals surface area (Å²) in [6, 6.07) is 6.77. The van der Waals surface area contributed by atoms with Gasteiger partial charge in [-0.1, -0.05) is 50.3 Å². The molecule has 1 aromatic carbocycles. The number of nitrogens with one attached hydrogen (secondary N) is 3. The van der Waals surface area contributed by atoms with E-state index in [-0.39, 0.29) is 31.2 Å². The highest BCUT2D eigenvalue weighted by molar-refractivity contribution is 6.38. The third-order valence-electron chi connectivity index (χ3n) is 4.08. The Morgan fingerprint density at radius 1 is 1.03 bits per heavy atom. The van der Waals surface area contributed by atoms with Crippen LogP contribution in [0.3, 0.4) is 0 Å². The van der Waals surface area contributed by atoms with Crippen molar-refractivity contribution in [2.75, 3.05) is 26.9 Å². The number of alkyl halides is 3. The molecular formula is C22H28F3N3O6. The van der Waals surface area contributed by atoms with E-state index < -0.39 is 42.5 Å². The summed E-state index contributed by atoms with van der Waals surface area (Å²) in [6.45, 7) is 1.80. The highest BCUT2D eigenvalue weighted by Crippen LogP contribution is 2.12. The first-order valence-electron chi connectivity index (χ1n) is 10.3. The quantitative estimate of drug-likeness (QED) is 0.235.